The van der Waals surface area contributed by atoms with E-state index in [9.17, 15) is 4.79 Å². The van der Waals surface area contributed by atoms with Crippen LogP contribution in [0.1, 0.15) is 42.4 Å². The average molecular weight is 328 g/mol. The number of nitrogens with zero attached hydrogens (tertiary/aromatic N) is 2. The highest BCUT2D eigenvalue weighted by molar-refractivity contribution is 9.09. The minimum absolute atomic E-state index is 0.00470. The van der Waals surface area contributed by atoms with Crippen molar-refractivity contribution in [2.45, 2.75) is 32.6 Å². The fourth-order valence-electron chi connectivity index (χ4n) is 2.81. The molecule has 2 rings (SSSR count). The summed E-state index contributed by atoms with van der Waals surface area (Å²) in [5.41, 5.74) is 1.62. The topological polar surface area (TPSA) is 46.9 Å². The number of carbonyl (C=O) groups is 1. The molecular weight excluding hydrogens is 306 g/mol. The van der Waals surface area contributed by atoms with Crippen molar-refractivity contribution in [2.75, 3.05) is 11.9 Å². The van der Waals surface area contributed by atoms with Crippen LogP contribution in [0.4, 0.5) is 0 Å². The van der Waals surface area contributed by atoms with Crippen LogP contribution < -0.4 is 5.32 Å². The Morgan fingerprint density at radius 2 is 2.26 bits per heavy atom. The second kappa shape index (κ2) is 6.55. The molecule has 5 heteroatoms. The zero-order valence-electron chi connectivity index (χ0n) is 11.7. The lowest BCUT2D eigenvalue weighted by Gasteiger charge is -2.17. The predicted molar refractivity (Wildman–Crippen MR) is 79.5 cm³/mol. The molecule has 1 saturated carbocycles. The van der Waals surface area contributed by atoms with Gasteiger partial charge in [0.05, 0.1) is 5.69 Å². The molecule has 0 saturated heterocycles. The summed E-state index contributed by atoms with van der Waals surface area (Å²) in [6.07, 6.45) is 4.64. The van der Waals surface area contributed by atoms with Crippen LogP contribution in [0.25, 0.3) is 0 Å². The van der Waals surface area contributed by atoms with Gasteiger partial charge in [0, 0.05) is 18.9 Å². The van der Waals surface area contributed by atoms with E-state index < -0.39 is 0 Å². The predicted octanol–water partition coefficient (Wildman–Crippen LogP) is 2.52. The van der Waals surface area contributed by atoms with E-state index in [1.54, 1.807) is 4.68 Å². The highest BCUT2D eigenvalue weighted by Crippen LogP contribution is 2.32. The molecule has 1 amide bonds. The van der Waals surface area contributed by atoms with E-state index >= 15 is 0 Å². The molecular formula is C14H22BrN3O. The molecule has 0 aromatic carbocycles. The third-order valence-electron chi connectivity index (χ3n) is 4.06. The van der Waals surface area contributed by atoms with E-state index in [1.807, 2.05) is 20.0 Å². The smallest absolute Gasteiger partial charge is 0.269 e. The number of alkyl halides is 1. The van der Waals surface area contributed by atoms with Crippen LogP contribution in [0.2, 0.25) is 0 Å². The van der Waals surface area contributed by atoms with Gasteiger partial charge in [-0.15, -0.1) is 0 Å². The van der Waals surface area contributed by atoms with Crippen molar-refractivity contribution < 1.29 is 4.79 Å². The van der Waals surface area contributed by atoms with Gasteiger partial charge in [0.25, 0.3) is 5.91 Å². The van der Waals surface area contributed by atoms with E-state index in [0.29, 0.717) is 17.5 Å². The van der Waals surface area contributed by atoms with Gasteiger partial charge in [-0.05, 0) is 37.2 Å². The first-order valence-corrected chi connectivity index (χ1v) is 8.15. The maximum absolute atomic E-state index is 12.2. The maximum Gasteiger partial charge on any atom is 0.269 e. The zero-order valence-corrected chi connectivity index (χ0v) is 13.2. The molecule has 19 heavy (non-hydrogen) atoms. The maximum atomic E-state index is 12.2. The van der Waals surface area contributed by atoms with Crippen LogP contribution in [-0.2, 0) is 13.5 Å². The largest absolute Gasteiger partial charge is 0.350 e. The number of halogens is 1. The van der Waals surface area contributed by atoms with Gasteiger partial charge in [-0.25, -0.2) is 0 Å². The monoisotopic (exact) mass is 327 g/mol. The van der Waals surface area contributed by atoms with E-state index in [4.69, 9.17) is 0 Å². The van der Waals surface area contributed by atoms with Gasteiger partial charge in [0.1, 0.15) is 5.69 Å². The molecule has 106 valence electrons. The Bertz CT molecular complexity index is 444. The van der Waals surface area contributed by atoms with Gasteiger partial charge in [0.2, 0.25) is 0 Å². The van der Waals surface area contributed by atoms with E-state index in [0.717, 1.165) is 24.0 Å². The molecule has 0 radical (unpaired) electrons. The standard InChI is InChI=1S/C14H22BrN3O/c1-3-12-7-13(18(2)17-12)14(19)16-9-11-6-4-5-10(11)8-15/h7,10-11H,3-6,8-9H2,1-2H3,(H,16,19). The fourth-order valence-corrected chi connectivity index (χ4v) is 3.66. The second-order valence-electron chi connectivity index (χ2n) is 5.31. The summed E-state index contributed by atoms with van der Waals surface area (Å²) in [5.74, 6) is 1.31. The number of aromatic nitrogens is 2. The Labute approximate surface area is 123 Å². The number of rotatable bonds is 5. The quantitative estimate of drug-likeness (QED) is 0.845. The first-order valence-electron chi connectivity index (χ1n) is 7.02. The Balaban J connectivity index is 1.92. The Hall–Kier alpha value is -0.840. The van der Waals surface area contributed by atoms with Crippen molar-refractivity contribution in [3.63, 3.8) is 0 Å². The van der Waals surface area contributed by atoms with Crippen molar-refractivity contribution in [3.05, 3.63) is 17.5 Å². The summed E-state index contributed by atoms with van der Waals surface area (Å²) < 4.78 is 1.67. The molecule has 0 spiro atoms. The van der Waals surface area contributed by atoms with Crippen molar-refractivity contribution in [3.8, 4) is 0 Å². The van der Waals surface area contributed by atoms with E-state index in [2.05, 4.69) is 26.3 Å². The lowest BCUT2D eigenvalue weighted by molar-refractivity contribution is 0.0935. The highest BCUT2D eigenvalue weighted by Gasteiger charge is 2.26. The van der Waals surface area contributed by atoms with Gasteiger partial charge < -0.3 is 5.32 Å². The first-order chi connectivity index (χ1) is 9.15. The number of hydrogen-bond donors (Lipinski definition) is 1. The van der Waals surface area contributed by atoms with Crippen molar-refractivity contribution >= 4 is 21.8 Å². The molecule has 1 heterocycles. The summed E-state index contributed by atoms with van der Waals surface area (Å²) in [6.45, 7) is 2.82. The second-order valence-corrected chi connectivity index (χ2v) is 5.96. The van der Waals surface area contributed by atoms with Crippen LogP contribution in [0.3, 0.4) is 0 Å². The van der Waals surface area contributed by atoms with Gasteiger partial charge in [0.15, 0.2) is 0 Å². The number of carbonyl (C=O) groups excluding carboxylic acids is 1. The number of nitrogens with one attached hydrogen (secondary N) is 1. The van der Waals surface area contributed by atoms with Gasteiger partial charge in [-0.1, -0.05) is 29.3 Å². The van der Waals surface area contributed by atoms with Crippen molar-refractivity contribution in [1.29, 1.82) is 0 Å². The number of hydrogen-bond acceptors (Lipinski definition) is 2. The molecule has 1 aliphatic rings. The summed E-state index contributed by atoms with van der Waals surface area (Å²) in [5, 5.41) is 8.41. The lowest BCUT2D eigenvalue weighted by Crippen LogP contribution is -2.32. The van der Waals surface area contributed by atoms with Crippen molar-refractivity contribution in [1.82, 2.24) is 15.1 Å². The molecule has 0 bridgehead atoms. The summed E-state index contributed by atoms with van der Waals surface area (Å²) in [7, 11) is 1.82. The molecule has 2 unspecified atom stereocenters. The number of amides is 1. The van der Waals surface area contributed by atoms with E-state index in [1.165, 1.54) is 19.3 Å². The van der Waals surface area contributed by atoms with Crippen LogP contribution >= 0.6 is 15.9 Å². The molecule has 1 aromatic rings. The minimum atomic E-state index is -0.00470. The fraction of sp³-hybridized carbons (Fsp3) is 0.714. The molecule has 1 N–H and O–H groups in total. The summed E-state index contributed by atoms with van der Waals surface area (Å²) >= 11 is 3.57. The molecule has 2 atom stereocenters. The average Bonchev–Trinajstić information content (AvgIpc) is 3.01. The van der Waals surface area contributed by atoms with Crippen molar-refractivity contribution in [2.24, 2.45) is 18.9 Å². The Morgan fingerprint density at radius 1 is 1.53 bits per heavy atom. The van der Waals surface area contributed by atoms with Crippen LogP contribution in [0, 0.1) is 11.8 Å². The molecule has 1 aliphatic carbocycles. The Morgan fingerprint density at radius 3 is 2.89 bits per heavy atom. The highest BCUT2D eigenvalue weighted by atomic mass is 79.9. The van der Waals surface area contributed by atoms with Crippen LogP contribution in [0.15, 0.2) is 6.07 Å². The van der Waals surface area contributed by atoms with E-state index in [-0.39, 0.29) is 5.91 Å². The van der Waals surface area contributed by atoms with Gasteiger partial charge in [-0.2, -0.15) is 5.10 Å². The third kappa shape index (κ3) is 3.38. The lowest BCUT2D eigenvalue weighted by atomic mass is 9.98. The zero-order chi connectivity index (χ0) is 13.8. The summed E-state index contributed by atoms with van der Waals surface area (Å²) in [4.78, 5) is 12.2. The third-order valence-corrected chi connectivity index (χ3v) is 4.90. The molecule has 1 aromatic heterocycles. The minimum Gasteiger partial charge on any atom is -0.350 e. The summed E-state index contributed by atoms with van der Waals surface area (Å²) in [6, 6.07) is 1.88. The molecule has 0 aliphatic heterocycles. The van der Waals surface area contributed by atoms with Gasteiger partial charge >= 0.3 is 0 Å². The van der Waals surface area contributed by atoms with Gasteiger partial charge in [-0.3, -0.25) is 9.48 Å². The number of aryl methyl sites for hydroxylation is 2. The normalized spacial score (nSPS) is 22.7. The first kappa shape index (κ1) is 14.6. The van der Waals surface area contributed by atoms with Crippen LogP contribution in [-0.4, -0.2) is 27.6 Å². The molecule has 1 fully saturated rings. The molecule has 4 nitrogen and oxygen atoms in total. The Kier molecular flexibility index (Phi) is 5.02. The SMILES string of the molecule is CCc1cc(C(=O)NCC2CCCC2CBr)n(C)n1. The van der Waals surface area contributed by atoms with Crippen LogP contribution in [0.5, 0.6) is 0 Å².